The zero-order valence-corrected chi connectivity index (χ0v) is 19.3. The molecule has 2 heterocycles. The average molecular weight is 444 g/mol. The van der Waals surface area contributed by atoms with Crippen molar-refractivity contribution < 1.29 is 9.59 Å². The molecule has 1 aromatic heterocycles. The molecule has 6 nitrogen and oxygen atoms in total. The van der Waals surface area contributed by atoms with E-state index in [9.17, 15) is 14.4 Å². The third-order valence-corrected chi connectivity index (χ3v) is 6.36. The van der Waals surface area contributed by atoms with Gasteiger partial charge in [-0.1, -0.05) is 42.0 Å². The molecule has 170 valence electrons. The molecule has 4 rings (SSSR count). The molecular formula is C27H29N3O3. The molecule has 6 heteroatoms. The highest BCUT2D eigenvalue weighted by Crippen LogP contribution is 2.35. The number of nitrogens with zero attached hydrogens (tertiary/aromatic N) is 3. The Morgan fingerprint density at radius 2 is 1.79 bits per heavy atom. The van der Waals surface area contributed by atoms with Crippen molar-refractivity contribution in [2.45, 2.75) is 39.3 Å². The van der Waals surface area contributed by atoms with Gasteiger partial charge in [-0.05, 0) is 56.0 Å². The molecule has 0 bridgehead atoms. The second-order valence-corrected chi connectivity index (χ2v) is 8.69. The molecule has 1 atom stereocenters. The number of anilines is 1. The maximum Gasteiger partial charge on any atom is 0.255 e. The number of hydrogen-bond acceptors (Lipinski definition) is 3. The standard InChI is InChI=1S/C27H29N3O3/c1-19-11-12-20(2)23(16-19)24-10-7-15-30(24)27(33)21-13-14-25(31)29(17-21)18-26(32)28(3)22-8-5-4-6-9-22/h4-6,8-9,11-14,16-17,24H,7,10,15,18H2,1-3H3/t24-/m0/s1. The van der Waals surface area contributed by atoms with E-state index in [1.807, 2.05) is 35.2 Å². The van der Waals surface area contributed by atoms with Crippen LogP contribution in [0.3, 0.4) is 0 Å². The van der Waals surface area contributed by atoms with Gasteiger partial charge in [0, 0.05) is 31.5 Å². The largest absolute Gasteiger partial charge is 0.332 e. The van der Waals surface area contributed by atoms with Crippen LogP contribution in [-0.4, -0.2) is 34.9 Å². The molecule has 0 radical (unpaired) electrons. The van der Waals surface area contributed by atoms with Crippen LogP contribution >= 0.6 is 0 Å². The number of likely N-dealkylation sites (N-methyl/N-ethyl adjacent to an activating group) is 1. The number of pyridine rings is 1. The fourth-order valence-corrected chi connectivity index (χ4v) is 4.45. The van der Waals surface area contributed by atoms with E-state index in [1.165, 1.54) is 38.4 Å². The van der Waals surface area contributed by atoms with Gasteiger partial charge in [-0.3, -0.25) is 14.4 Å². The van der Waals surface area contributed by atoms with E-state index in [2.05, 4.69) is 32.0 Å². The van der Waals surface area contributed by atoms with Crippen LogP contribution in [-0.2, 0) is 11.3 Å². The summed E-state index contributed by atoms with van der Waals surface area (Å²) in [5, 5.41) is 0. The summed E-state index contributed by atoms with van der Waals surface area (Å²) in [6.45, 7) is 4.67. The van der Waals surface area contributed by atoms with Crippen molar-refractivity contribution in [2.24, 2.45) is 0 Å². The van der Waals surface area contributed by atoms with Gasteiger partial charge >= 0.3 is 0 Å². The van der Waals surface area contributed by atoms with Crippen LogP contribution in [0.1, 0.15) is 45.9 Å². The molecule has 2 aromatic carbocycles. The number of carbonyl (C=O) groups excluding carboxylic acids is 2. The number of likely N-dealkylation sites (tertiary alicyclic amines) is 1. The van der Waals surface area contributed by atoms with Gasteiger partial charge in [-0.2, -0.15) is 0 Å². The third-order valence-electron chi connectivity index (χ3n) is 6.36. The molecule has 0 N–H and O–H groups in total. The maximum atomic E-state index is 13.4. The van der Waals surface area contributed by atoms with Crippen LogP contribution in [0.15, 0.2) is 71.7 Å². The monoisotopic (exact) mass is 443 g/mol. The highest BCUT2D eigenvalue weighted by molar-refractivity contribution is 5.95. The Morgan fingerprint density at radius 3 is 2.55 bits per heavy atom. The van der Waals surface area contributed by atoms with Crippen molar-refractivity contribution in [1.82, 2.24) is 9.47 Å². The van der Waals surface area contributed by atoms with E-state index in [1.54, 1.807) is 13.1 Å². The summed E-state index contributed by atoms with van der Waals surface area (Å²) in [6.07, 6.45) is 3.36. The van der Waals surface area contributed by atoms with Crippen molar-refractivity contribution in [3.05, 3.63) is 99.5 Å². The summed E-state index contributed by atoms with van der Waals surface area (Å²) >= 11 is 0. The van der Waals surface area contributed by atoms with Crippen LogP contribution in [0.25, 0.3) is 0 Å². The van der Waals surface area contributed by atoms with E-state index in [0.717, 1.165) is 18.5 Å². The number of aryl methyl sites for hydroxylation is 2. The third kappa shape index (κ3) is 4.75. The van der Waals surface area contributed by atoms with Crippen molar-refractivity contribution in [2.75, 3.05) is 18.5 Å². The zero-order chi connectivity index (χ0) is 23.5. The molecule has 2 amide bonds. The van der Waals surface area contributed by atoms with Crippen LogP contribution < -0.4 is 10.5 Å². The minimum absolute atomic E-state index is 0.0172. The van der Waals surface area contributed by atoms with E-state index in [0.29, 0.717) is 12.1 Å². The summed E-state index contributed by atoms with van der Waals surface area (Å²) in [4.78, 5) is 42.1. The fraction of sp³-hybridized carbons (Fsp3) is 0.296. The molecule has 1 aliphatic heterocycles. The number of para-hydroxylation sites is 1. The minimum atomic E-state index is -0.311. The van der Waals surface area contributed by atoms with E-state index < -0.39 is 0 Å². The first-order valence-corrected chi connectivity index (χ1v) is 11.3. The van der Waals surface area contributed by atoms with Gasteiger partial charge in [0.1, 0.15) is 6.54 Å². The maximum absolute atomic E-state index is 13.4. The van der Waals surface area contributed by atoms with E-state index in [4.69, 9.17) is 0 Å². The SMILES string of the molecule is Cc1ccc(C)c([C@@H]2CCCN2C(=O)c2ccc(=O)n(CC(=O)N(C)c3ccccc3)c2)c1. The summed E-state index contributed by atoms with van der Waals surface area (Å²) in [6, 6.07) is 18.5. The number of carbonyl (C=O) groups is 2. The number of amides is 2. The minimum Gasteiger partial charge on any atom is -0.332 e. The van der Waals surface area contributed by atoms with Gasteiger partial charge in [0.25, 0.3) is 11.5 Å². The lowest BCUT2D eigenvalue weighted by Gasteiger charge is -2.27. The van der Waals surface area contributed by atoms with E-state index in [-0.39, 0.29) is 30.0 Å². The lowest BCUT2D eigenvalue weighted by atomic mass is 9.97. The average Bonchev–Trinajstić information content (AvgIpc) is 3.31. The Hall–Kier alpha value is -3.67. The van der Waals surface area contributed by atoms with Gasteiger partial charge in [0.2, 0.25) is 5.91 Å². The number of rotatable bonds is 5. The summed E-state index contributed by atoms with van der Waals surface area (Å²) in [7, 11) is 1.68. The molecule has 0 spiro atoms. The van der Waals surface area contributed by atoms with Crippen molar-refractivity contribution in [3.63, 3.8) is 0 Å². The van der Waals surface area contributed by atoms with Crippen LogP contribution in [0, 0.1) is 13.8 Å². The van der Waals surface area contributed by atoms with Crippen LogP contribution in [0.5, 0.6) is 0 Å². The van der Waals surface area contributed by atoms with Crippen LogP contribution in [0.2, 0.25) is 0 Å². The molecule has 1 aliphatic rings. The Labute approximate surface area is 194 Å². The number of hydrogen-bond donors (Lipinski definition) is 0. The molecular weight excluding hydrogens is 414 g/mol. The van der Waals surface area contributed by atoms with Crippen molar-refractivity contribution in [3.8, 4) is 0 Å². The molecule has 33 heavy (non-hydrogen) atoms. The van der Waals surface area contributed by atoms with Gasteiger partial charge < -0.3 is 14.4 Å². The Kier molecular flexibility index (Phi) is 6.45. The molecule has 3 aromatic rings. The Bertz CT molecular complexity index is 1230. The van der Waals surface area contributed by atoms with Gasteiger partial charge in [0.15, 0.2) is 0 Å². The zero-order valence-electron chi connectivity index (χ0n) is 19.3. The van der Waals surface area contributed by atoms with E-state index >= 15 is 0 Å². The van der Waals surface area contributed by atoms with Crippen molar-refractivity contribution in [1.29, 1.82) is 0 Å². The molecule has 0 unspecified atom stereocenters. The highest BCUT2D eigenvalue weighted by atomic mass is 16.2. The quantitative estimate of drug-likeness (QED) is 0.596. The number of benzene rings is 2. The smallest absolute Gasteiger partial charge is 0.255 e. The van der Waals surface area contributed by atoms with Crippen LogP contribution in [0.4, 0.5) is 5.69 Å². The predicted molar refractivity (Wildman–Crippen MR) is 129 cm³/mol. The first kappa shape index (κ1) is 22.5. The first-order chi connectivity index (χ1) is 15.8. The topological polar surface area (TPSA) is 62.6 Å². The normalized spacial score (nSPS) is 15.5. The fourth-order valence-electron chi connectivity index (χ4n) is 4.45. The predicted octanol–water partition coefficient (Wildman–Crippen LogP) is 4.11. The lowest BCUT2D eigenvalue weighted by Crippen LogP contribution is -2.35. The molecule has 1 saturated heterocycles. The van der Waals surface area contributed by atoms with Crippen molar-refractivity contribution >= 4 is 17.5 Å². The Balaban J connectivity index is 1.56. The highest BCUT2D eigenvalue weighted by Gasteiger charge is 2.31. The molecule has 0 saturated carbocycles. The lowest BCUT2D eigenvalue weighted by molar-refractivity contribution is -0.118. The number of aromatic nitrogens is 1. The second-order valence-electron chi connectivity index (χ2n) is 8.69. The molecule has 0 aliphatic carbocycles. The van der Waals surface area contributed by atoms with Gasteiger partial charge in [0.05, 0.1) is 11.6 Å². The second kappa shape index (κ2) is 9.45. The Morgan fingerprint density at radius 1 is 1.03 bits per heavy atom. The summed E-state index contributed by atoms with van der Waals surface area (Å²) < 4.78 is 1.32. The summed E-state index contributed by atoms with van der Waals surface area (Å²) in [5.41, 5.74) is 4.37. The van der Waals surface area contributed by atoms with Gasteiger partial charge in [-0.25, -0.2) is 0 Å². The molecule has 1 fully saturated rings. The first-order valence-electron chi connectivity index (χ1n) is 11.3. The summed E-state index contributed by atoms with van der Waals surface area (Å²) in [5.74, 6) is -0.349. The van der Waals surface area contributed by atoms with Gasteiger partial charge in [-0.15, -0.1) is 0 Å².